The van der Waals surface area contributed by atoms with Crippen molar-refractivity contribution < 1.29 is 9.18 Å². The Morgan fingerprint density at radius 3 is 2.79 bits per heavy atom. The third kappa shape index (κ3) is 5.37. The van der Waals surface area contributed by atoms with Crippen LogP contribution in [0.1, 0.15) is 27.2 Å². The van der Waals surface area contributed by atoms with E-state index < -0.39 is 0 Å². The first-order chi connectivity index (χ1) is 16.1. The minimum absolute atomic E-state index is 0.280. The Kier molecular flexibility index (Phi) is 6.66. The van der Waals surface area contributed by atoms with Crippen molar-refractivity contribution in [3.05, 3.63) is 95.3 Å². The average molecular weight is 441 g/mol. The van der Waals surface area contributed by atoms with Crippen LogP contribution in [0.15, 0.2) is 67.1 Å². The van der Waals surface area contributed by atoms with Gasteiger partial charge in [0.15, 0.2) is 0 Å². The third-order valence-corrected chi connectivity index (χ3v) is 4.94. The number of rotatable bonds is 8. The highest BCUT2D eigenvalue weighted by atomic mass is 19.1. The summed E-state index contributed by atoms with van der Waals surface area (Å²) < 4.78 is 13.5. The topological polar surface area (TPSA) is 119 Å². The molecule has 0 aliphatic rings. The van der Waals surface area contributed by atoms with Gasteiger partial charge >= 0.3 is 0 Å². The van der Waals surface area contributed by atoms with Gasteiger partial charge in [0.2, 0.25) is 0 Å². The van der Waals surface area contributed by atoms with E-state index in [-0.39, 0.29) is 17.4 Å². The minimum atomic E-state index is -0.307. The van der Waals surface area contributed by atoms with Gasteiger partial charge in [0.05, 0.1) is 23.0 Å². The Balaban J connectivity index is 1.56. The number of aromatic amines is 1. The predicted molar refractivity (Wildman–Crippen MR) is 121 cm³/mol. The van der Waals surface area contributed by atoms with E-state index in [4.69, 9.17) is 0 Å². The monoisotopic (exact) mass is 441 g/mol. The number of H-pyrrole nitrogens is 1. The maximum absolute atomic E-state index is 13.5. The number of halogens is 1. The highest BCUT2D eigenvalue weighted by Crippen LogP contribution is 2.24. The average Bonchev–Trinajstić information content (AvgIpc) is 3.32. The molecule has 0 unspecified atom stereocenters. The molecular formula is C24H20FN7O. The van der Waals surface area contributed by atoms with Gasteiger partial charge in [-0.1, -0.05) is 18.2 Å². The lowest BCUT2D eigenvalue weighted by Gasteiger charge is -2.13. The van der Waals surface area contributed by atoms with Gasteiger partial charge in [0.1, 0.15) is 23.4 Å². The number of carbonyl (C=O) groups excluding carboxylic acids is 1. The number of nitrogens with zero attached hydrogens (tertiary/aromatic N) is 4. The predicted octanol–water partition coefficient (Wildman–Crippen LogP) is 3.46. The van der Waals surface area contributed by atoms with Gasteiger partial charge < -0.3 is 10.6 Å². The zero-order valence-corrected chi connectivity index (χ0v) is 17.5. The van der Waals surface area contributed by atoms with E-state index in [1.54, 1.807) is 36.7 Å². The summed E-state index contributed by atoms with van der Waals surface area (Å²) in [5, 5.41) is 21.9. The number of hydrogen-bond donors (Lipinski definition) is 3. The molecule has 0 atom stereocenters. The third-order valence-electron chi connectivity index (χ3n) is 4.94. The molecule has 0 aliphatic heterocycles. The molecule has 4 rings (SSSR count). The van der Waals surface area contributed by atoms with Crippen LogP contribution in [-0.2, 0) is 13.0 Å². The molecule has 0 bridgehead atoms. The van der Waals surface area contributed by atoms with E-state index >= 15 is 0 Å². The summed E-state index contributed by atoms with van der Waals surface area (Å²) in [6.07, 6.45) is 5.40. The molecule has 3 heterocycles. The molecule has 0 spiro atoms. The van der Waals surface area contributed by atoms with E-state index in [0.717, 1.165) is 11.1 Å². The molecule has 0 saturated heterocycles. The van der Waals surface area contributed by atoms with Gasteiger partial charge in [-0.3, -0.25) is 14.9 Å². The molecule has 8 nitrogen and oxygen atoms in total. The van der Waals surface area contributed by atoms with Crippen molar-refractivity contribution in [3.63, 3.8) is 0 Å². The summed E-state index contributed by atoms with van der Waals surface area (Å²) >= 11 is 0. The molecule has 164 valence electrons. The highest BCUT2D eigenvalue weighted by molar-refractivity contribution is 5.99. The summed E-state index contributed by atoms with van der Waals surface area (Å²) in [6, 6.07) is 15.4. The van der Waals surface area contributed by atoms with Crippen molar-refractivity contribution in [2.24, 2.45) is 0 Å². The Bertz CT molecular complexity index is 1300. The van der Waals surface area contributed by atoms with Crippen LogP contribution in [0.5, 0.6) is 0 Å². The number of aromatic nitrogens is 4. The smallest absolute Gasteiger partial charge is 0.255 e. The molecular weight excluding hydrogens is 421 g/mol. The number of nitriles is 1. The van der Waals surface area contributed by atoms with Crippen molar-refractivity contribution in [2.45, 2.75) is 13.0 Å². The molecule has 9 heteroatoms. The fourth-order valence-electron chi connectivity index (χ4n) is 3.29. The summed E-state index contributed by atoms with van der Waals surface area (Å²) in [5.41, 5.74) is 3.35. The van der Waals surface area contributed by atoms with Crippen LogP contribution in [0.3, 0.4) is 0 Å². The van der Waals surface area contributed by atoms with Gasteiger partial charge in [-0.15, -0.1) is 0 Å². The second-order valence-electron chi connectivity index (χ2n) is 7.21. The fourth-order valence-corrected chi connectivity index (χ4v) is 3.29. The number of carbonyl (C=O) groups is 1. The van der Waals surface area contributed by atoms with Gasteiger partial charge in [-0.2, -0.15) is 10.4 Å². The SMILES string of the molecule is N#Cc1[nH]ncc1-c1ccc(C(=O)NCc2cccnc2)c(NCCc2cccc(F)c2)n1. The van der Waals surface area contributed by atoms with Gasteiger partial charge in [0.25, 0.3) is 5.91 Å². The van der Waals surface area contributed by atoms with Crippen LogP contribution >= 0.6 is 0 Å². The van der Waals surface area contributed by atoms with Crippen LogP contribution in [0.4, 0.5) is 10.2 Å². The standard InChI is InChI=1S/C24H20FN7O/c25-18-5-1-3-16(11-18)8-10-28-23-19(24(33)29-14-17-4-2-9-27-13-17)6-7-21(31-23)20-15-30-32-22(20)12-26/h1-7,9,11,13,15H,8,10,14H2,(H,28,31)(H,29,33)(H,30,32). The Hall–Kier alpha value is -4.58. The fraction of sp³-hybridized carbons (Fsp3) is 0.125. The van der Waals surface area contributed by atoms with Gasteiger partial charge in [0, 0.05) is 25.5 Å². The van der Waals surface area contributed by atoms with Crippen molar-refractivity contribution >= 4 is 11.7 Å². The molecule has 0 aliphatic carbocycles. The molecule has 0 saturated carbocycles. The highest BCUT2D eigenvalue weighted by Gasteiger charge is 2.16. The van der Waals surface area contributed by atoms with Crippen molar-refractivity contribution in [1.29, 1.82) is 5.26 Å². The largest absolute Gasteiger partial charge is 0.369 e. The number of benzene rings is 1. The zero-order valence-electron chi connectivity index (χ0n) is 17.5. The molecule has 1 aromatic carbocycles. The van der Waals surface area contributed by atoms with Crippen molar-refractivity contribution in [3.8, 4) is 17.3 Å². The van der Waals surface area contributed by atoms with Gasteiger partial charge in [-0.05, 0) is 47.9 Å². The maximum atomic E-state index is 13.5. The summed E-state index contributed by atoms with van der Waals surface area (Å²) in [5.74, 6) is -0.247. The maximum Gasteiger partial charge on any atom is 0.255 e. The zero-order chi connectivity index (χ0) is 23.0. The van der Waals surface area contributed by atoms with E-state index in [2.05, 4.69) is 30.8 Å². The summed E-state index contributed by atoms with van der Waals surface area (Å²) in [4.78, 5) is 21.5. The molecule has 3 aromatic heterocycles. The van der Waals surface area contributed by atoms with Crippen molar-refractivity contribution in [2.75, 3.05) is 11.9 Å². The normalized spacial score (nSPS) is 10.4. The minimum Gasteiger partial charge on any atom is -0.369 e. The molecule has 3 N–H and O–H groups in total. The number of hydrogen-bond acceptors (Lipinski definition) is 6. The first kappa shape index (κ1) is 21.6. The lowest BCUT2D eigenvalue weighted by molar-refractivity contribution is 0.0951. The molecule has 4 aromatic rings. The summed E-state index contributed by atoms with van der Waals surface area (Å²) in [7, 11) is 0. The summed E-state index contributed by atoms with van der Waals surface area (Å²) in [6.45, 7) is 0.747. The Morgan fingerprint density at radius 2 is 2.00 bits per heavy atom. The Morgan fingerprint density at radius 1 is 1.12 bits per heavy atom. The first-order valence-electron chi connectivity index (χ1n) is 10.2. The second kappa shape index (κ2) is 10.2. The molecule has 0 radical (unpaired) electrons. The molecule has 1 amide bonds. The number of pyridine rings is 2. The van der Waals surface area contributed by atoms with E-state index in [0.29, 0.717) is 42.1 Å². The molecule has 0 fully saturated rings. The number of anilines is 1. The number of nitrogens with one attached hydrogen (secondary N) is 3. The quantitative estimate of drug-likeness (QED) is 0.385. The van der Waals surface area contributed by atoms with Crippen molar-refractivity contribution in [1.82, 2.24) is 25.5 Å². The molecule has 33 heavy (non-hydrogen) atoms. The van der Waals surface area contributed by atoms with Gasteiger partial charge in [-0.25, -0.2) is 9.37 Å². The van der Waals surface area contributed by atoms with Crippen LogP contribution in [-0.4, -0.2) is 32.6 Å². The van der Waals surface area contributed by atoms with Crippen LogP contribution in [0, 0.1) is 17.1 Å². The Labute approximate surface area is 189 Å². The lowest BCUT2D eigenvalue weighted by atomic mass is 10.1. The van der Waals surface area contributed by atoms with E-state index in [9.17, 15) is 14.4 Å². The van der Waals surface area contributed by atoms with Crippen LogP contribution in [0.2, 0.25) is 0 Å². The second-order valence-corrected chi connectivity index (χ2v) is 7.21. The van der Waals surface area contributed by atoms with E-state index in [1.807, 2.05) is 18.2 Å². The lowest BCUT2D eigenvalue weighted by Crippen LogP contribution is -2.25. The van der Waals surface area contributed by atoms with E-state index in [1.165, 1.54) is 18.3 Å². The van der Waals surface area contributed by atoms with Crippen LogP contribution < -0.4 is 10.6 Å². The number of amides is 1. The first-order valence-corrected chi connectivity index (χ1v) is 10.2. The van der Waals surface area contributed by atoms with Crippen LogP contribution in [0.25, 0.3) is 11.3 Å².